The van der Waals surface area contributed by atoms with E-state index >= 15 is 0 Å². The maximum absolute atomic E-state index is 14.5. The lowest BCUT2D eigenvalue weighted by Gasteiger charge is -2.34. The molecule has 1 amide bonds. The predicted molar refractivity (Wildman–Crippen MR) is 177 cm³/mol. The third-order valence-corrected chi connectivity index (χ3v) is 9.99. The number of amides is 1. The molecule has 262 valence electrons. The Morgan fingerprint density at radius 3 is 2.51 bits per heavy atom. The normalized spacial score (nSPS) is 19.2. The molecule has 0 unspecified atom stereocenters. The lowest BCUT2D eigenvalue weighted by atomic mass is 10.1. The molecule has 5 heterocycles. The Labute approximate surface area is 282 Å². The standard InChI is InChI=1S/C33H38F3N7O5S/c1-21-20-47-16-15-42(21)27-13-12-24-25(19-43(29(24)39-27)49(45,46)23-10-6-5-7-11-23)28-26(33(34,35)36)17-37-30(40-28)38-22-9-8-14-41(18-22)31(44)48-32(2,3)4/h5-7,10-13,17,19,21-22H,8-9,14-16,18,20H2,1-4H3,(H,37,38,40)/t21-,22+/m0/s1. The van der Waals surface area contributed by atoms with Crippen molar-refractivity contribution in [1.29, 1.82) is 0 Å². The van der Waals surface area contributed by atoms with Gasteiger partial charge in [-0.15, -0.1) is 0 Å². The van der Waals surface area contributed by atoms with E-state index in [-0.39, 0.29) is 46.1 Å². The highest BCUT2D eigenvalue weighted by Gasteiger charge is 2.38. The second-order valence-corrected chi connectivity index (χ2v) is 15.0. The molecular formula is C33H38F3N7O5S. The van der Waals surface area contributed by atoms with Crippen LogP contribution in [-0.2, 0) is 25.7 Å². The Morgan fingerprint density at radius 2 is 1.82 bits per heavy atom. The Morgan fingerprint density at radius 1 is 1.06 bits per heavy atom. The third-order valence-electron chi connectivity index (χ3n) is 8.32. The number of fused-ring (bicyclic) bond motifs is 1. The molecule has 1 aromatic carbocycles. The van der Waals surface area contributed by atoms with Crippen LogP contribution in [0.1, 0.15) is 46.1 Å². The van der Waals surface area contributed by atoms with Gasteiger partial charge in [-0.1, -0.05) is 18.2 Å². The molecule has 6 rings (SSSR count). The molecular weight excluding hydrogens is 663 g/mol. The van der Waals surface area contributed by atoms with Crippen LogP contribution in [0.3, 0.4) is 0 Å². The van der Waals surface area contributed by atoms with Crippen molar-refractivity contribution in [1.82, 2.24) is 23.8 Å². The lowest BCUT2D eigenvalue weighted by molar-refractivity contribution is -0.137. The first-order valence-corrected chi connectivity index (χ1v) is 17.4. The van der Waals surface area contributed by atoms with Crippen LogP contribution in [0.25, 0.3) is 22.3 Å². The number of likely N-dealkylation sites (tertiary alicyclic amines) is 1. The smallest absolute Gasteiger partial charge is 0.419 e. The second-order valence-electron chi connectivity index (χ2n) is 13.2. The Bertz CT molecular complexity index is 1950. The van der Waals surface area contributed by atoms with Crippen molar-refractivity contribution >= 4 is 38.9 Å². The minimum Gasteiger partial charge on any atom is -0.444 e. The van der Waals surface area contributed by atoms with Crippen LogP contribution in [0.15, 0.2) is 59.8 Å². The van der Waals surface area contributed by atoms with E-state index in [2.05, 4.69) is 15.3 Å². The summed E-state index contributed by atoms with van der Waals surface area (Å²) in [7, 11) is -4.30. The number of hydrogen-bond acceptors (Lipinski definition) is 10. The number of aromatic nitrogens is 4. The first-order valence-electron chi connectivity index (χ1n) is 16.0. The molecule has 0 radical (unpaired) electrons. The van der Waals surface area contributed by atoms with E-state index in [0.29, 0.717) is 51.2 Å². The van der Waals surface area contributed by atoms with Crippen molar-refractivity contribution in [2.75, 3.05) is 43.1 Å². The van der Waals surface area contributed by atoms with Crippen molar-refractivity contribution in [2.24, 2.45) is 0 Å². The summed E-state index contributed by atoms with van der Waals surface area (Å²) in [5.74, 6) is 0.364. The van der Waals surface area contributed by atoms with Gasteiger partial charge in [-0.2, -0.15) is 13.2 Å². The molecule has 2 saturated heterocycles. The number of nitrogens with one attached hydrogen (secondary N) is 1. The monoisotopic (exact) mass is 701 g/mol. The third kappa shape index (κ3) is 7.29. The number of anilines is 2. The molecule has 49 heavy (non-hydrogen) atoms. The van der Waals surface area contributed by atoms with Crippen LogP contribution in [0.2, 0.25) is 0 Å². The molecule has 2 aliphatic rings. The largest absolute Gasteiger partial charge is 0.444 e. The SMILES string of the molecule is C[C@H]1COCCN1c1ccc2c(-c3nc(N[C@@H]4CCCN(C(=O)OC(C)(C)C)C4)ncc3C(F)(F)F)cn(S(=O)(=O)c3ccccc3)c2n1. The number of hydrogen-bond donors (Lipinski definition) is 1. The van der Waals surface area contributed by atoms with Gasteiger partial charge in [-0.25, -0.2) is 32.1 Å². The van der Waals surface area contributed by atoms with Gasteiger partial charge in [0.05, 0.1) is 29.8 Å². The molecule has 0 spiro atoms. The topological polar surface area (TPSA) is 132 Å². The highest BCUT2D eigenvalue weighted by molar-refractivity contribution is 7.90. The number of rotatable bonds is 6. The predicted octanol–water partition coefficient (Wildman–Crippen LogP) is 5.79. The summed E-state index contributed by atoms with van der Waals surface area (Å²) >= 11 is 0. The molecule has 4 aromatic rings. The fourth-order valence-electron chi connectivity index (χ4n) is 6.00. The maximum Gasteiger partial charge on any atom is 0.419 e. The van der Waals surface area contributed by atoms with E-state index in [1.165, 1.54) is 17.0 Å². The molecule has 2 atom stereocenters. The van der Waals surface area contributed by atoms with Crippen LogP contribution in [0, 0.1) is 0 Å². The number of nitrogens with zero attached hydrogens (tertiary/aromatic N) is 6. The highest BCUT2D eigenvalue weighted by atomic mass is 32.2. The summed E-state index contributed by atoms with van der Waals surface area (Å²) in [4.78, 5) is 29.2. The van der Waals surface area contributed by atoms with Crippen molar-refractivity contribution < 1.29 is 35.9 Å². The van der Waals surface area contributed by atoms with Gasteiger partial charge < -0.3 is 24.6 Å². The fraction of sp³-hybridized carbons (Fsp3) is 0.455. The molecule has 16 heteroatoms. The number of piperidine rings is 1. The van der Waals surface area contributed by atoms with Gasteiger partial charge >= 0.3 is 12.3 Å². The average molecular weight is 702 g/mol. The van der Waals surface area contributed by atoms with Crippen LogP contribution in [-0.4, -0.2) is 88.9 Å². The van der Waals surface area contributed by atoms with E-state index in [1.807, 2.05) is 11.8 Å². The number of pyridine rings is 1. The number of morpholine rings is 1. The van der Waals surface area contributed by atoms with E-state index in [9.17, 15) is 26.4 Å². The van der Waals surface area contributed by atoms with Crippen LogP contribution in [0.5, 0.6) is 0 Å². The summed E-state index contributed by atoms with van der Waals surface area (Å²) in [6, 6.07) is 10.4. The highest BCUT2D eigenvalue weighted by Crippen LogP contribution is 2.40. The van der Waals surface area contributed by atoms with Crippen molar-refractivity contribution in [3.05, 3.63) is 60.4 Å². The van der Waals surface area contributed by atoms with Crippen LogP contribution in [0.4, 0.5) is 29.7 Å². The minimum absolute atomic E-state index is 0.0448. The van der Waals surface area contributed by atoms with E-state index < -0.39 is 39.2 Å². The summed E-state index contributed by atoms with van der Waals surface area (Å²) in [5.41, 5.74) is -2.46. The first kappa shape index (κ1) is 34.4. The summed E-state index contributed by atoms with van der Waals surface area (Å²) in [5, 5.41) is 3.25. The van der Waals surface area contributed by atoms with Gasteiger partial charge in [0.25, 0.3) is 10.0 Å². The summed E-state index contributed by atoms with van der Waals surface area (Å²) < 4.78 is 83.6. The molecule has 12 nitrogen and oxygen atoms in total. The number of alkyl halides is 3. The summed E-state index contributed by atoms with van der Waals surface area (Å²) in [6.07, 6.45) is -2.29. The van der Waals surface area contributed by atoms with E-state index in [0.717, 1.165) is 10.2 Å². The first-order chi connectivity index (χ1) is 23.1. The molecule has 2 aliphatic heterocycles. The van der Waals surface area contributed by atoms with E-state index in [1.54, 1.807) is 51.1 Å². The quantitative estimate of drug-likeness (QED) is 0.264. The van der Waals surface area contributed by atoms with Gasteiger partial charge in [0.1, 0.15) is 17.0 Å². The summed E-state index contributed by atoms with van der Waals surface area (Å²) in [6.45, 7) is 9.34. The minimum atomic E-state index is -4.87. The Balaban J connectivity index is 1.44. The Hall–Kier alpha value is -4.44. The van der Waals surface area contributed by atoms with Gasteiger partial charge in [-0.05, 0) is 64.8 Å². The zero-order chi connectivity index (χ0) is 35.1. The molecule has 0 bridgehead atoms. The molecule has 0 saturated carbocycles. The number of halogens is 3. The fourth-order valence-corrected chi connectivity index (χ4v) is 7.34. The molecule has 1 N–H and O–H groups in total. The zero-order valence-corrected chi connectivity index (χ0v) is 28.4. The van der Waals surface area contributed by atoms with Crippen LogP contribution < -0.4 is 10.2 Å². The van der Waals surface area contributed by atoms with Gasteiger partial charge in [0.15, 0.2) is 5.65 Å². The van der Waals surface area contributed by atoms with Crippen molar-refractivity contribution in [3.63, 3.8) is 0 Å². The molecule has 0 aliphatic carbocycles. The number of carbonyl (C=O) groups is 1. The number of carbonyl (C=O) groups excluding carboxylic acids is 1. The van der Waals surface area contributed by atoms with Crippen molar-refractivity contribution in [2.45, 2.75) is 69.3 Å². The zero-order valence-electron chi connectivity index (χ0n) is 27.6. The van der Waals surface area contributed by atoms with Gasteiger partial charge in [0.2, 0.25) is 5.95 Å². The second kappa shape index (κ2) is 13.1. The molecule has 3 aromatic heterocycles. The average Bonchev–Trinajstić information content (AvgIpc) is 3.44. The van der Waals surface area contributed by atoms with Crippen LogP contribution >= 0.6 is 0 Å². The van der Waals surface area contributed by atoms with E-state index in [4.69, 9.17) is 14.5 Å². The number of ether oxygens (including phenoxy) is 2. The van der Waals surface area contributed by atoms with Crippen molar-refractivity contribution in [3.8, 4) is 11.3 Å². The lowest BCUT2D eigenvalue weighted by Crippen LogP contribution is -2.47. The Kier molecular flexibility index (Phi) is 9.21. The maximum atomic E-state index is 14.5. The number of benzene rings is 1. The van der Waals surface area contributed by atoms with Gasteiger partial charge in [0, 0.05) is 49.0 Å². The molecule has 2 fully saturated rings. The van der Waals surface area contributed by atoms with Gasteiger partial charge in [-0.3, -0.25) is 0 Å².